The molecule has 0 bridgehead atoms. The number of nitrogens with zero attached hydrogens (tertiary/aromatic N) is 2. The molecule has 0 saturated carbocycles. The van der Waals surface area contributed by atoms with Crippen molar-refractivity contribution < 1.29 is 14.3 Å². The van der Waals surface area contributed by atoms with Gasteiger partial charge in [-0.1, -0.05) is 23.4 Å². The van der Waals surface area contributed by atoms with E-state index < -0.39 is 0 Å². The van der Waals surface area contributed by atoms with Gasteiger partial charge < -0.3 is 14.8 Å². The van der Waals surface area contributed by atoms with Crippen LogP contribution in [0.15, 0.2) is 23.4 Å². The number of carbonyl (C=O) groups is 1. The van der Waals surface area contributed by atoms with Gasteiger partial charge in [-0.2, -0.15) is 0 Å². The van der Waals surface area contributed by atoms with E-state index in [0.29, 0.717) is 28.3 Å². The van der Waals surface area contributed by atoms with Crippen molar-refractivity contribution in [2.45, 2.75) is 24.1 Å². The molecule has 1 amide bonds. The molecule has 0 radical (unpaired) electrons. The molecule has 1 saturated heterocycles. The second-order valence-electron chi connectivity index (χ2n) is 5.54. The normalized spacial score (nSPS) is 16.8. The number of hydrogen-bond donors (Lipinski definition) is 2. The predicted molar refractivity (Wildman–Crippen MR) is 96.1 cm³/mol. The fourth-order valence-corrected chi connectivity index (χ4v) is 3.31. The highest BCUT2D eigenvalue weighted by Crippen LogP contribution is 2.31. The lowest BCUT2D eigenvalue weighted by atomic mass is 10.2. The smallest absolute Gasteiger partial charge is 0.230 e. The first-order chi connectivity index (χ1) is 12.2. The Hall–Kier alpha value is -1.77. The van der Waals surface area contributed by atoms with Crippen LogP contribution in [0.2, 0.25) is 5.02 Å². The number of aromatic amines is 1. The Balaban J connectivity index is 1.55. The van der Waals surface area contributed by atoms with Gasteiger partial charge in [-0.25, -0.2) is 4.98 Å². The zero-order chi connectivity index (χ0) is 17.6. The zero-order valence-corrected chi connectivity index (χ0v) is 15.3. The van der Waals surface area contributed by atoms with E-state index in [1.54, 1.807) is 25.3 Å². The van der Waals surface area contributed by atoms with Gasteiger partial charge in [0, 0.05) is 18.2 Å². The molecular weight excluding hydrogens is 364 g/mol. The summed E-state index contributed by atoms with van der Waals surface area (Å²) in [6, 6.07) is 5.27. The summed E-state index contributed by atoms with van der Waals surface area (Å²) in [5, 5.41) is 10.9. The van der Waals surface area contributed by atoms with E-state index in [2.05, 4.69) is 20.5 Å². The summed E-state index contributed by atoms with van der Waals surface area (Å²) >= 11 is 7.30. The maximum atomic E-state index is 11.9. The molecule has 1 fully saturated rings. The Morgan fingerprint density at radius 3 is 3.20 bits per heavy atom. The quantitative estimate of drug-likeness (QED) is 0.715. The molecule has 1 atom stereocenters. The van der Waals surface area contributed by atoms with Crippen molar-refractivity contribution in [2.75, 3.05) is 26.0 Å². The van der Waals surface area contributed by atoms with Crippen LogP contribution in [0.4, 0.5) is 0 Å². The van der Waals surface area contributed by atoms with Crippen LogP contribution in [0.5, 0.6) is 5.75 Å². The molecule has 1 aromatic carbocycles. The van der Waals surface area contributed by atoms with Crippen LogP contribution in [0.25, 0.3) is 11.4 Å². The number of aromatic nitrogens is 3. The molecule has 134 valence electrons. The van der Waals surface area contributed by atoms with Crippen LogP contribution in [0.3, 0.4) is 0 Å². The van der Waals surface area contributed by atoms with Crippen molar-refractivity contribution in [3.63, 3.8) is 0 Å². The number of methoxy groups -OCH3 is 1. The van der Waals surface area contributed by atoms with Crippen LogP contribution in [-0.4, -0.2) is 53.2 Å². The summed E-state index contributed by atoms with van der Waals surface area (Å²) < 4.78 is 10.8. The fraction of sp³-hybridized carbons (Fsp3) is 0.438. The topological polar surface area (TPSA) is 89.1 Å². The lowest BCUT2D eigenvalue weighted by molar-refractivity contribution is -0.119. The Morgan fingerprint density at radius 2 is 2.44 bits per heavy atom. The predicted octanol–water partition coefficient (Wildman–Crippen LogP) is 2.52. The third-order valence-corrected chi connectivity index (χ3v) is 4.85. The first kappa shape index (κ1) is 18.0. The van der Waals surface area contributed by atoms with Crippen LogP contribution < -0.4 is 10.1 Å². The maximum Gasteiger partial charge on any atom is 0.230 e. The van der Waals surface area contributed by atoms with Crippen LogP contribution in [-0.2, 0) is 9.53 Å². The summed E-state index contributed by atoms with van der Waals surface area (Å²) in [7, 11) is 1.58. The van der Waals surface area contributed by atoms with Gasteiger partial charge in [-0.15, -0.1) is 5.10 Å². The first-order valence-corrected chi connectivity index (χ1v) is 9.29. The molecule has 25 heavy (non-hydrogen) atoms. The molecule has 7 nitrogen and oxygen atoms in total. The average Bonchev–Trinajstić information content (AvgIpc) is 3.30. The van der Waals surface area contributed by atoms with E-state index in [0.717, 1.165) is 25.0 Å². The first-order valence-electron chi connectivity index (χ1n) is 7.93. The van der Waals surface area contributed by atoms with E-state index in [4.69, 9.17) is 21.1 Å². The highest BCUT2D eigenvalue weighted by atomic mass is 35.5. The summed E-state index contributed by atoms with van der Waals surface area (Å²) in [6.07, 6.45) is 2.20. The molecule has 3 rings (SSSR count). The SMILES string of the molecule is COc1ccc(Cl)cc1-c1nc(SCC(=O)NC[C@@H]2CCCO2)n[nH]1. The standard InChI is InChI=1S/C16H19ClN4O3S/c1-23-13-5-4-10(17)7-12(13)15-19-16(21-20-15)25-9-14(22)18-8-11-3-2-6-24-11/h4-5,7,11H,2-3,6,8-9H2,1H3,(H,18,22)(H,19,20,21)/t11-/m0/s1. The van der Waals surface area contributed by atoms with Gasteiger partial charge in [-0.05, 0) is 31.0 Å². The van der Waals surface area contributed by atoms with Gasteiger partial charge in [0.25, 0.3) is 0 Å². The minimum absolute atomic E-state index is 0.0628. The number of carbonyl (C=O) groups excluding carboxylic acids is 1. The van der Waals surface area contributed by atoms with Crippen molar-refractivity contribution in [3.05, 3.63) is 23.2 Å². The molecule has 0 spiro atoms. The molecule has 2 heterocycles. The molecule has 0 unspecified atom stereocenters. The van der Waals surface area contributed by atoms with Crippen LogP contribution >= 0.6 is 23.4 Å². The third-order valence-electron chi connectivity index (χ3n) is 3.76. The highest BCUT2D eigenvalue weighted by molar-refractivity contribution is 7.99. The van der Waals surface area contributed by atoms with E-state index in [9.17, 15) is 4.79 Å². The van der Waals surface area contributed by atoms with Crippen LogP contribution in [0, 0.1) is 0 Å². The minimum Gasteiger partial charge on any atom is -0.496 e. The summed E-state index contributed by atoms with van der Waals surface area (Å²) in [4.78, 5) is 16.3. The van der Waals surface area contributed by atoms with Crippen molar-refractivity contribution in [2.24, 2.45) is 0 Å². The largest absolute Gasteiger partial charge is 0.496 e. The van der Waals surface area contributed by atoms with Crippen molar-refractivity contribution in [3.8, 4) is 17.1 Å². The lowest BCUT2D eigenvalue weighted by Gasteiger charge is -2.09. The summed E-state index contributed by atoms with van der Waals surface area (Å²) in [5.74, 6) is 1.37. The number of halogens is 1. The molecule has 2 N–H and O–H groups in total. The third kappa shape index (κ3) is 4.87. The van der Waals surface area contributed by atoms with Gasteiger partial charge in [0.1, 0.15) is 5.75 Å². The number of thioether (sulfide) groups is 1. The average molecular weight is 383 g/mol. The highest BCUT2D eigenvalue weighted by Gasteiger charge is 2.17. The van der Waals surface area contributed by atoms with Crippen molar-refractivity contribution >= 4 is 29.3 Å². The number of nitrogens with one attached hydrogen (secondary N) is 2. The molecular formula is C16H19ClN4O3S. The number of rotatable bonds is 7. The lowest BCUT2D eigenvalue weighted by Crippen LogP contribution is -2.32. The van der Waals surface area contributed by atoms with E-state index >= 15 is 0 Å². The second kappa shape index (κ2) is 8.55. The monoisotopic (exact) mass is 382 g/mol. The molecule has 1 aliphatic rings. The molecule has 1 aliphatic heterocycles. The van der Waals surface area contributed by atoms with E-state index in [-0.39, 0.29) is 17.8 Å². The van der Waals surface area contributed by atoms with Gasteiger partial charge in [-0.3, -0.25) is 9.89 Å². The minimum atomic E-state index is -0.0628. The van der Waals surface area contributed by atoms with Gasteiger partial charge in [0.05, 0.1) is 24.5 Å². The molecule has 9 heteroatoms. The van der Waals surface area contributed by atoms with Gasteiger partial charge in [0.2, 0.25) is 11.1 Å². The number of benzene rings is 1. The Labute approximate surface area is 154 Å². The summed E-state index contributed by atoms with van der Waals surface area (Å²) in [6.45, 7) is 1.33. The second-order valence-corrected chi connectivity index (χ2v) is 6.92. The van der Waals surface area contributed by atoms with Crippen molar-refractivity contribution in [1.29, 1.82) is 0 Å². The Morgan fingerprint density at radius 1 is 1.56 bits per heavy atom. The Bertz CT molecular complexity index is 734. The molecule has 2 aromatic rings. The van der Waals surface area contributed by atoms with Gasteiger partial charge >= 0.3 is 0 Å². The Kier molecular flexibility index (Phi) is 6.17. The number of H-pyrrole nitrogens is 1. The number of amides is 1. The van der Waals surface area contributed by atoms with E-state index in [1.807, 2.05) is 0 Å². The van der Waals surface area contributed by atoms with Crippen molar-refractivity contribution in [1.82, 2.24) is 20.5 Å². The summed E-state index contributed by atoms with van der Waals surface area (Å²) in [5.41, 5.74) is 0.720. The fourth-order valence-electron chi connectivity index (χ4n) is 2.51. The maximum absolute atomic E-state index is 11.9. The molecule has 1 aromatic heterocycles. The van der Waals surface area contributed by atoms with Crippen LogP contribution in [0.1, 0.15) is 12.8 Å². The number of ether oxygens (including phenoxy) is 2. The van der Waals surface area contributed by atoms with Gasteiger partial charge in [0.15, 0.2) is 5.82 Å². The van der Waals surface area contributed by atoms with E-state index in [1.165, 1.54) is 11.8 Å². The molecule has 0 aliphatic carbocycles. The zero-order valence-electron chi connectivity index (χ0n) is 13.8. The number of hydrogen-bond acceptors (Lipinski definition) is 6.